The number of nitrogens with zero attached hydrogens (tertiary/aromatic N) is 1. The van der Waals surface area contributed by atoms with E-state index in [0.717, 1.165) is 17.7 Å². The normalized spacial score (nSPS) is 21.0. The van der Waals surface area contributed by atoms with Gasteiger partial charge in [-0.15, -0.1) is 0 Å². The van der Waals surface area contributed by atoms with Crippen molar-refractivity contribution in [1.82, 2.24) is 0 Å². The average Bonchev–Trinajstić information content (AvgIpc) is 2.53. The highest BCUT2D eigenvalue weighted by Crippen LogP contribution is 2.27. The molecule has 3 heteroatoms. The predicted octanol–water partition coefficient (Wildman–Crippen LogP) is 2.23. The molecule has 1 aliphatic rings. The first-order valence-electron chi connectivity index (χ1n) is 4.24. The highest BCUT2D eigenvalue weighted by molar-refractivity contribution is 5.83. The highest BCUT2D eigenvalue weighted by Gasteiger charge is 2.19. The van der Waals surface area contributed by atoms with Gasteiger partial charge < -0.3 is 9.94 Å². The SMILES string of the molecule is CC1=NOC(c2ccc(O)cc2)C1. The first-order valence-corrected chi connectivity index (χ1v) is 4.24. The second kappa shape index (κ2) is 3.09. The highest BCUT2D eigenvalue weighted by atomic mass is 16.6. The largest absolute Gasteiger partial charge is 0.508 e. The van der Waals surface area contributed by atoms with E-state index in [1.165, 1.54) is 0 Å². The zero-order valence-electron chi connectivity index (χ0n) is 7.40. The number of rotatable bonds is 1. The number of phenols is 1. The summed E-state index contributed by atoms with van der Waals surface area (Å²) in [6, 6.07) is 7.03. The van der Waals surface area contributed by atoms with Crippen LogP contribution >= 0.6 is 0 Å². The number of hydrogen-bond donors (Lipinski definition) is 1. The first kappa shape index (κ1) is 8.10. The van der Waals surface area contributed by atoms with Gasteiger partial charge in [-0.3, -0.25) is 0 Å². The number of phenolic OH excluding ortho intramolecular Hbond substituents is 1. The van der Waals surface area contributed by atoms with Gasteiger partial charge in [0.2, 0.25) is 0 Å². The zero-order chi connectivity index (χ0) is 9.26. The van der Waals surface area contributed by atoms with Crippen molar-refractivity contribution in [1.29, 1.82) is 0 Å². The summed E-state index contributed by atoms with van der Waals surface area (Å²) in [5, 5.41) is 13.0. The fourth-order valence-corrected chi connectivity index (χ4v) is 1.36. The average molecular weight is 177 g/mol. The molecule has 1 heterocycles. The van der Waals surface area contributed by atoms with Crippen molar-refractivity contribution >= 4 is 5.71 Å². The maximum absolute atomic E-state index is 9.08. The molecule has 68 valence electrons. The maximum atomic E-state index is 9.08. The molecule has 0 aliphatic carbocycles. The van der Waals surface area contributed by atoms with Crippen molar-refractivity contribution in [2.45, 2.75) is 19.4 Å². The molecule has 0 saturated carbocycles. The molecule has 1 aromatic carbocycles. The quantitative estimate of drug-likeness (QED) is 0.714. The van der Waals surface area contributed by atoms with E-state index in [-0.39, 0.29) is 11.9 Å². The van der Waals surface area contributed by atoms with Crippen molar-refractivity contribution in [2.75, 3.05) is 0 Å². The summed E-state index contributed by atoms with van der Waals surface area (Å²) >= 11 is 0. The van der Waals surface area contributed by atoms with Gasteiger partial charge in [0.1, 0.15) is 5.75 Å². The molecule has 13 heavy (non-hydrogen) atoms. The zero-order valence-corrected chi connectivity index (χ0v) is 7.40. The summed E-state index contributed by atoms with van der Waals surface area (Å²) in [5.74, 6) is 0.277. The van der Waals surface area contributed by atoms with Crippen LogP contribution in [0.4, 0.5) is 0 Å². The molecule has 3 nitrogen and oxygen atoms in total. The third kappa shape index (κ3) is 1.64. The Labute approximate surface area is 76.6 Å². The van der Waals surface area contributed by atoms with E-state index < -0.39 is 0 Å². The number of oxime groups is 1. The lowest BCUT2D eigenvalue weighted by Crippen LogP contribution is -1.96. The minimum Gasteiger partial charge on any atom is -0.508 e. The molecule has 0 amide bonds. The van der Waals surface area contributed by atoms with Crippen LogP contribution in [0.2, 0.25) is 0 Å². The van der Waals surface area contributed by atoms with Gasteiger partial charge in [-0.05, 0) is 24.6 Å². The molecule has 2 rings (SSSR count). The Morgan fingerprint density at radius 1 is 1.38 bits per heavy atom. The molecule has 1 unspecified atom stereocenters. The van der Waals surface area contributed by atoms with Crippen LogP contribution in [0.25, 0.3) is 0 Å². The fourth-order valence-electron chi connectivity index (χ4n) is 1.36. The van der Waals surface area contributed by atoms with Gasteiger partial charge >= 0.3 is 0 Å². The molecule has 0 saturated heterocycles. The van der Waals surface area contributed by atoms with E-state index in [1.807, 2.05) is 19.1 Å². The maximum Gasteiger partial charge on any atom is 0.157 e. The van der Waals surface area contributed by atoms with E-state index in [1.54, 1.807) is 12.1 Å². The number of aromatic hydroxyl groups is 1. The van der Waals surface area contributed by atoms with Crippen molar-refractivity contribution in [2.24, 2.45) is 5.16 Å². The molecule has 1 aliphatic heterocycles. The van der Waals surface area contributed by atoms with Gasteiger partial charge in [-0.2, -0.15) is 0 Å². The van der Waals surface area contributed by atoms with Crippen LogP contribution < -0.4 is 0 Å². The standard InChI is InChI=1S/C10H11NO2/c1-7-6-10(13-11-7)8-2-4-9(12)5-3-8/h2-5,10,12H,6H2,1H3. The molecule has 1 N–H and O–H groups in total. The van der Waals surface area contributed by atoms with Crippen LogP contribution in [-0.4, -0.2) is 10.8 Å². The Morgan fingerprint density at radius 2 is 2.08 bits per heavy atom. The summed E-state index contributed by atoms with van der Waals surface area (Å²) in [7, 11) is 0. The van der Waals surface area contributed by atoms with Gasteiger partial charge in [0, 0.05) is 6.42 Å². The van der Waals surface area contributed by atoms with E-state index in [4.69, 9.17) is 9.94 Å². The smallest absolute Gasteiger partial charge is 0.157 e. The molecule has 1 aromatic rings. The molecule has 1 atom stereocenters. The van der Waals surface area contributed by atoms with E-state index in [9.17, 15) is 0 Å². The first-order chi connectivity index (χ1) is 6.25. The van der Waals surface area contributed by atoms with Crippen molar-refractivity contribution in [3.05, 3.63) is 29.8 Å². The number of hydrogen-bond acceptors (Lipinski definition) is 3. The van der Waals surface area contributed by atoms with Gasteiger partial charge in [0.05, 0.1) is 5.71 Å². The minimum atomic E-state index is 0.0283. The van der Waals surface area contributed by atoms with E-state index in [2.05, 4.69) is 5.16 Å². The Bertz CT molecular complexity index is 329. The Hall–Kier alpha value is -1.51. The van der Waals surface area contributed by atoms with Crippen molar-refractivity contribution in [3.8, 4) is 5.75 Å². The van der Waals surface area contributed by atoms with Gasteiger partial charge in [-0.1, -0.05) is 17.3 Å². The molecule has 0 spiro atoms. The third-order valence-electron chi connectivity index (χ3n) is 2.08. The minimum absolute atomic E-state index is 0.0283. The van der Waals surface area contributed by atoms with Crippen LogP contribution in [0.15, 0.2) is 29.4 Å². The fraction of sp³-hybridized carbons (Fsp3) is 0.300. The summed E-state index contributed by atoms with van der Waals surface area (Å²) in [5.41, 5.74) is 2.07. The van der Waals surface area contributed by atoms with Crippen molar-refractivity contribution in [3.63, 3.8) is 0 Å². The summed E-state index contributed by atoms with van der Waals surface area (Å²) < 4.78 is 0. The molecule has 0 aromatic heterocycles. The van der Waals surface area contributed by atoms with Crippen molar-refractivity contribution < 1.29 is 9.94 Å². The molecule has 0 radical (unpaired) electrons. The lowest BCUT2D eigenvalue weighted by Gasteiger charge is -2.07. The third-order valence-corrected chi connectivity index (χ3v) is 2.08. The molecule has 0 bridgehead atoms. The van der Waals surface area contributed by atoms with Crippen LogP contribution in [0, 0.1) is 0 Å². The monoisotopic (exact) mass is 177 g/mol. The predicted molar refractivity (Wildman–Crippen MR) is 49.7 cm³/mol. The second-order valence-electron chi connectivity index (χ2n) is 3.22. The molecular weight excluding hydrogens is 166 g/mol. The van der Waals surface area contributed by atoms with Gasteiger partial charge in [0.15, 0.2) is 6.10 Å². The van der Waals surface area contributed by atoms with Gasteiger partial charge in [-0.25, -0.2) is 0 Å². The Kier molecular flexibility index (Phi) is 1.93. The lowest BCUT2D eigenvalue weighted by molar-refractivity contribution is 0.0857. The van der Waals surface area contributed by atoms with E-state index >= 15 is 0 Å². The Balaban J connectivity index is 2.14. The summed E-state index contributed by atoms with van der Waals surface area (Å²) in [6.45, 7) is 1.94. The molecular formula is C10H11NO2. The summed E-state index contributed by atoms with van der Waals surface area (Å²) in [6.07, 6.45) is 0.866. The van der Waals surface area contributed by atoms with Crippen LogP contribution in [0.5, 0.6) is 5.75 Å². The van der Waals surface area contributed by atoms with Gasteiger partial charge in [0.25, 0.3) is 0 Å². The topological polar surface area (TPSA) is 41.8 Å². The lowest BCUT2D eigenvalue weighted by atomic mass is 10.1. The van der Waals surface area contributed by atoms with Crippen LogP contribution in [0.1, 0.15) is 25.0 Å². The molecule has 0 fully saturated rings. The van der Waals surface area contributed by atoms with Crippen LogP contribution in [-0.2, 0) is 4.84 Å². The van der Waals surface area contributed by atoms with Crippen LogP contribution in [0.3, 0.4) is 0 Å². The second-order valence-corrected chi connectivity index (χ2v) is 3.22. The Morgan fingerprint density at radius 3 is 2.62 bits per heavy atom. The summed E-state index contributed by atoms with van der Waals surface area (Å²) in [4.78, 5) is 5.20. The number of benzene rings is 1. The van der Waals surface area contributed by atoms with E-state index in [0.29, 0.717) is 0 Å².